The van der Waals surface area contributed by atoms with Gasteiger partial charge in [0, 0.05) is 12.1 Å². The van der Waals surface area contributed by atoms with E-state index in [-0.39, 0.29) is 11.6 Å². The van der Waals surface area contributed by atoms with E-state index >= 15 is 0 Å². The maximum atomic E-state index is 13.0. The summed E-state index contributed by atoms with van der Waals surface area (Å²) in [6.07, 6.45) is 1.09. The van der Waals surface area contributed by atoms with Gasteiger partial charge in [-0.25, -0.2) is 13.4 Å². The molecule has 6 nitrogen and oxygen atoms in total. The Balaban J connectivity index is 1.94. The molecule has 1 atom stereocenters. The highest BCUT2D eigenvalue weighted by Crippen LogP contribution is 2.27. The fraction of sp³-hybridized carbons (Fsp3) is 0.333. The Bertz CT molecular complexity index is 852. The first-order chi connectivity index (χ1) is 12.0. The van der Waals surface area contributed by atoms with Crippen molar-refractivity contribution in [2.24, 2.45) is 0 Å². The number of rotatable bonds is 5. The van der Waals surface area contributed by atoms with Gasteiger partial charge in [-0.05, 0) is 31.9 Å². The second-order valence-electron chi connectivity index (χ2n) is 5.75. The fourth-order valence-electron chi connectivity index (χ4n) is 2.95. The lowest BCUT2D eigenvalue weighted by Crippen LogP contribution is -2.41. The third-order valence-corrected chi connectivity index (χ3v) is 5.94. The lowest BCUT2D eigenvalue weighted by molar-refractivity contribution is -0.146. The summed E-state index contributed by atoms with van der Waals surface area (Å²) in [5, 5.41) is -0.0509. The van der Waals surface area contributed by atoms with Crippen molar-refractivity contribution in [3.05, 3.63) is 48.5 Å². The molecule has 0 saturated carbocycles. The maximum Gasteiger partial charge on any atom is 0.324 e. The number of hydrogen-bond donors (Lipinski definition) is 0. The summed E-state index contributed by atoms with van der Waals surface area (Å²) in [4.78, 5) is 16.4. The molecule has 2 heterocycles. The van der Waals surface area contributed by atoms with Crippen molar-refractivity contribution in [2.45, 2.75) is 30.8 Å². The third-order valence-electron chi connectivity index (χ3n) is 4.13. The lowest BCUT2D eigenvalue weighted by Gasteiger charge is -2.22. The van der Waals surface area contributed by atoms with E-state index in [9.17, 15) is 13.2 Å². The zero-order valence-electron chi connectivity index (χ0n) is 14.0. The van der Waals surface area contributed by atoms with Gasteiger partial charge in [-0.1, -0.05) is 36.4 Å². The van der Waals surface area contributed by atoms with Gasteiger partial charge in [0.15, 0.2) is 5.03 Å². The molecule has 0 unspecified atom stereocenters. The van der Waals surface area contributed by atoms with Crippen LogP contribution in [-0.2, 0) is 19.6 Å². The van der Waals surface area contributed by atoms with Crippen molar-refractivity contribution >= 4 is 16.0 Å². The third kappa shape index (κ3) is 3.57. The standard InChI is InChI=1S/C18H20N2O4S/c1-2-24-18(21)16-11-7-13-20(16)25(22,23)17-12-6-10-15(19-17)14-8-4-3-5-9-14/h3-6,8-10,12,16H,2,7,11,13H2,1H3/t16-/m1/s1. The lowest BCUT2D eigenvalue weighted by atomic mass is 10.1. The first-order valence-electron chi connectivity index (χ1n) is 8.25. The molecule has 0 radical (unpaired) electrons. The molecule has 1 aromatic heterocycles. The molecule has 0 aliphatic carbocycles. The molecule has 132 valence electrons. The first kappa shape index (κ1) is 17.6. The number of pyridine rings is 1. The van der Waals surface area contributed by atoms with Crippen LogP contribution in [0.2, 0.25) is 0 Å². The quantitative estimate of drug-likeness (QED) is 0.766. The van der Waals surface area contributed by atoms with Crippen molar-refractivity contribution in [2.75, 3.05) is 13.2 Å². The van der Waals surface area contributed by atoms with Crippen LogP contribution < -0.4 is 0 Å². The Morgan fingerprint density at radius 1 is 1.20 bits per heavy atom. The number of ether oxygens (including phenoxy) is 1. The maximum absolute atomic E-state index is 13.0. The zero-order chi connectivity index (χ0) is 17.9. The smallest absolute Gasteiger partial charge is 0.324 e. The summed E-state index contributed by atoms with van der Waals surface area (Å²) in [6, 6.07) is 13.5. The van der Waals surface area contributed by atoms with Crippen LogP contribution >= 0.6 is 0 Å². The van der Waals surface area contributed by atoms with E-state index in [0.717, 1.165) is 5.56 Å². The van der Waals surface area contributed by atoms with Crippen molar-refractivity contribution in [3.63, 3.8) is 0 Å². The Kier molecular flexibility index (Phi) is 5.15. The first-order valence-corrected chi connectivity index (χ1v) is 9.69. The highest BCUT2D eigenvalue weighted by atomic mass is 32.2. The normalized spacial score (nSPS) is 18.2. The number of carbonyl (C=O) groups excluding carboxylic acids is 1. The second kappa shape index (κ2) is 7.33. The molecular weight excluding hydrogens is 340 g/mol. The van der Waals surface area contributed by atoms with E-state index in [2.05, 4.69) is 4.98 Å². The molecule has 0 N–H and O–H groups in total. The molecule has 2 aromatic rings. The molecule has 1 aliphatic heterocycles. The van der Waals surface area contributed by atoms with Crippen molar-refractivity contribution in [1.82, 2.24) is 9.29 Å². The average Bonchev–Trinajstić information content (AvgIpc) is 3.14. The summed E-state index contributed by atoms with van der Waals surface area (Å²) in [5.41, 5.74) is 1.41. The fourth-order valence-corrected chi connectivity index (χ4v) is 4.55. The number of sulfonamides is 1. The predicted octanol–water partition coefficient (Wildman–Crippen LogP) is 2.46. The van der Waals surface area contributed by atoms with Crippen LogP contribution in [0.3, 0.4) is 0 Å². The van der Waals surface area contributed by atoms with Gasteiger partial charge in [0.05, 0.1) is 12.3 Å². The molecule has 7 heteroatoms. The number of carbonyl (C=O) groups is 1. The predicted molar refractivity (Wildman–Crippen MR) is 93.2 cm³/mol. The highest BCUT2D eigenvalue weighted by Gasteiger charge is 2.41. The molecular formula is C18H20N2O4S. The highest BCUT2D eigenvalue weighted by molar-refractivity contribution is 7.89. The van der Waals surface area contributed by atoms with Gasteiger partial charge >= 0.3 is 5.97 Å². The van der Waals surface area contributed by atoms with Crippen molar-refractivity contribution in [1.29, 1.82) is 0 Å². The van der Waals surface area contributed by atoms with E-state index in [4.69, 9.17) is 4.74 Å². The monoisotopic (exact) mass is 360 g/mol. The minimum atomic E-state index is -3.86. The molecule has 0 spiro atoms. The minimum absolute atomic E-state index is 0.0509. The van der Waals surface area contributed by atoms with Crippen LogP contribution in [0.1, 0.15) is 19.8 Å². The number of nitrogens with zero attached hydrogens (tertiary/aromatic N) is 2. The average molecular weight is 360 g/mol. The van der Waals surface area contributed by atoms with Gasteiger partial charge < -0.3 is 4.74 Å². The molecule has 3 rings (SSSR count). The van der Waals surface area contributed by atoms with Crippen LogP contribution in [0.25, 0.3) is 11.3 Å². The largest absolute Gasteiger partial charge is 0.465 e. The summed E-state index contributed by atoms with van der Waals surface area (Å²) < 4.78 is 32.2. The number of esters is 1. The number of hydrogen-bond acceptors (Lipinski definition) is 5. The van der Waals surface area contributed by atoms with Crippen molar-refractivity contribution in [3.8, 4) is 11.3 Å². The van der Waals surface area contributed by atoms with E-state index in [1.165, 1.54) is 10.4 Å². The van der Waals surface area contributed by atoms with Gasteiger partial charge in [-0.3, -0.25) is 4.79 Å². The van der Waals surface area contributed by atoms with Gasteiger partial charge in [0.25, 0.3) is 10.0 Å². The number of benzene rings is 1. The summed E-state index contributed by atoms with van der Waals surface area (Å²) in [7, 11) is -3.86. The van der Waals surface area contributed by atoms with Crippen LogP contribution in [0.15, 0.2) is 53.6 Å². The summed E-state index contributed by atoms with van der Waals surface area (Å²) >= 11 is 0. The Morgan fingerprint density at radius 2 is 1.96 bits per heavy atom. The molecule has 0 amide bonds. The molecule has 1 aromatic carbocycles. The Hall–Kier alpha value is -2.25. The Labute approximate surface area is 147 Å². The van der Waals surface area contributed by atoms with Crippen LogP contribution in [0.4, 0.5) is 0 Å². The SMILES string of the molecule is CCOC(=O)[C@H]1CCCN1S(=O)(=O)c1cccc(-c2ccccc2)n1. The van der Waals surface area contributed by atoms with Crippen LogP contribution in [-0.4, -0.2) is 42.9 Å². The number of aromatic nitrogens is 1. The molecule has 1 aliphatic rings. The van der Waals surface area contributed by atoms with Gasteiger partial charge in [-0.15, -0.1) is 0 Å². The molecule has 0 bridgehead atoms. The van der Waals surface area contributed by atoms with Gasteiger partial charge in [0.1, 0.15) is 6.04 Å². The molecule has 1 fully saturated rings. The van der Waals surface area contributed by atoms with Crippen molar-refractivity contribution < 1.29 is 17.9 Å². The van der Waals surface area contributed by atoms with Crippen LogP contribution in [0, 0.1) is 0 Å². The minimum Gasteiger partial charge on any atom is -0.465 e. The summed E-state index contributed by atoms with van der Waals surface area (Å²) in [6.45, 7) is 2.23. The van der Waals surface area contributed by atoms with E-state index in [1.807, 2.05) is 30.3 Å². The van der Waals surface area contributed by atoms with Gasteiger partial charge in [0.2, 0.25) is 0 Å². The van der Waals surface area contributed by atoms with E-state index < -0.39 is 22.0 Å². The molecule has 25 heavy (non-hydrogen) atoms. The molecule has 1 saturated heterocycles. The van der Waals surface area contributed by atoms with E-state index in [1.54, 1.807) is 19.1 Å². The summed E-state index contributed by atoms with van der Waals surface area (Å²) in [5.74, 6) is -0.497. The van der Waals surface area contributed by atoms with E-state index in [0.29, 0.717) is 25.1 Å². The second-order valence-corrected chi connectivity index (χ2v) is 7.59. The van der Waals surface area contributed by atoms with Gasteiger partial charge in [-0.2, -0.15) is 4.31 Å². The van der Waals surface area contributed by atoms with Crippen LogP contribution in [0.5, 0.6) is 0 Å². The zero-order valence-corrected chi connectivity index (χ0v) is 14.8. The topological polar surface area (TPSA) is 76.6 Å². The Morgan fingerprint density at radius 3 is 2.68 bits per heavy atom.